The summed E-state index contributed by atoms with van der Waals surface area (Å²) in [7, 11) is 0. The van der Waals surface area contributed by atoms with Crippen LogP contribution < -0.4 is 10.6 Å². The van der Waals surface area contributed by atoms with Gasteiger partial charge in [0, 0.05) is 74.5 Å². The Kier molecular flexibility index (Phi) is 11.7. The Morgan fingerprint density at radius 1 is 0.658 bits per heavy atom. The van der Waals surface area contributed by atoms with E-state index < -0.39 is 103 Å². The van der Waals surface area contributed by atoms with Crippen molar-refractivity contribution in [3.63, 3.8) is 0 Å². The van der Waals surface area contributed by atoms with E-state index in [1.54, 1.807) is 0 Å². The van der Waals surface area contributed by atoms with Gasteiger partial charge >= 0.3 is 5.97 Å². The second-order valence-corrected chi connectivity index (χ2v) is 26.4. The van der Waals surface area contributed by atoms with Gasteiger partial charge < -0.3 is 86.1 Å². The molecule has 0 amide bonds. The molecule has 0 saturated carbocycles. The van der Waals surface area contributed by atoms with Gasteiger partial charge in [0.1, 0.15) is 65.3 Å². The van der Waals surface area contributed by atoms with Crippen LogP contribution in [0.25, 0.3) is 18.7 Å². The van der Waals surface area contributed by atoms with Gasteiger partial charge in [0.05, 0.1) is 98.5 Å². The molecule has 19 nitrogen and oxygen atoms in total. The van der Waals surface area contributed by atoms with E-state index in [4.69, 9.17) is 77.3 Å². The summed E-state index contributed by atoms with van der Waals surface area (Å²) in [5, 5.41) is 31.1. The second kappa shape index (κ2) is 18.1. The molecular weight excluding hydrogens is 1020 g/mol. The van der Waals surface area contributed by atoms with Gasteiger partial charge in [-0.1, -0.05) is 33.9 Å². The number of ether oxygens (including phenoxy) is 14. The number of hydrogen-bond acceptors (Lipinski definition) is 19. The van der Waals surface area contributed by atoms with Gasteiger partial charge in [-0.2, -0.15) is 0 Å². The third-order valence-electron chi connectivity index (χ3n) is 20.9. The maximum absolute atomic E-state index is 14.6. The summed E-state index contributed by atoms with van der Waals surface area (Å²) < 4.78 is 104. The van der Waals surface area contributed by atoms with Crippen LogP contribution in [-0.2, 0) is 71.1 Å². The molecule has 428 valence electrons. The third-order valence-corrected chi connectivity index (χ3v) is 20.9. The Hall–Kier alpha value is -3.35. The smallest absolute Gasteiger partial charge is 0.308 e. The average Bonchev–Trinajstić information content (AvgIpc) is 4.42. The monoisotopic (exact) mass is 1100 g/mol. The van der Waals surface area contributed by atoms with E-state index in [2.05, 4.69) is 27.4 Å². The van der Waals surface area contributed by atoms with Crippen molar-refractivity contribution in [3.8, 4) is 0 Å². The summed E-state index contributed by atoms with van der Waals surface area (Å²) in [6.45, 7) is 17.1. The Balaban J connectivity index is 0.686. The minimum Gasteiger partial charge on any atom is -0.486 e. The highest BCUT2D eigenvalue weighted by Gasteiger charge is 2.71. The van der Waals surface area contributed by atoms with Gasteiger partial charge in [-0.05, 0) is 73.1 Å². The number of fused-ring (bicyclic) bond motifs is 10. The quantitative estimate of drug-likeness (QED) is 0.368. The lowest BCUT2D eigenvalue weighted by Gasteiger charge is -2.54. The lowest BCUT2D eigenvalue weighted by Crippen LogP contribution is -2.65. The fourth-order valence-corrected chi connectivity index (χ4v) is 17.5. The molecule has 19 heteroatoms. The first-order chi connectivity index (χ1) is 37.9. The molecule has 17 heterocycles. The van der Waals surface area contributed by atoms with Gasteiger partial charge in [-0.25, -0.2) is 0 Å². The van der Waals surface area contributed by atoms with Crippen LogP contribution in [0.1, 0.15) is 111 Å². The summed E-state index contributed by atoms with van der Waals surface area (Å²) in [6.07, 6.45) is 3.16. The molecule has 0 radical (unpaired) electrons. The summed E-state index contributed by atoms with van der Waals surface area (Å²) >= 11 is 0. The van der Waals surface area contributed by atoms with Crippen molar-refractivity contribution < 1.29 is 90.8 Å². The number of carbonyl (C=O) groups excluding carboxylic acids is 1. The summed E-state index contributed by atoms with van der Waals surface area (Å²) in [5.41, 5.74) is 1.66. The Labute approximate surface area is 458 Å². The zero-order valence-electron chi connectivity index (χ0n) is 45.2. The number of esters is 1. The predicted octanol–water partition coefficient (Wildman–Crippen LogP) is 3.34. The van der Waals surface area contributed by atoms with E-state index >= 15 is 0 Å². The number of aliphatic hydroxyl groups excluding tert-OH is 3. The number of aliphatic hydroxyl groups is 3. The van der Waals surface area contributed by atoms with Crippen molar-refractivity contribution in [1.82, 2.24) is 0 Å². The van der Waals surface area contributed by atoms with Gasteiger partial charge in [0.2, 0.25) is 0 Å². The zero-order valence-corrected chi connectivity index (χ0v) is 45.2. The van der Waals surface area contributed by atoms with Crippen molar-refractivity contribution in [2.24, 2.45) is 17.8 Å². The van der Waals surface area contributed by atoms with Crippen molar-refractivity contribution in [3.05, 3.63) is 63.7 Å². The van der Waals surface area contributed by atoms with Crippen molar-refractivity contribution in [1.29, 1.82) is 0 Å². The Morgan fingerprint density at radius 3 is 2.24 bits per heavy atom. The van der Waals surface area contributed by atoms with Gasteiger partial charge in [0.25, 0.3) is 0 Å². The van der Waals surface area contributed by atoms with E-state index in [0.29, 0.717) is 80.3 Å². The predicted molar refractivity (Wildman–Crippen MR) is 272 cm³/mol. The van der Waals surface area contributed by atoms with Gasteiger partial charge in [0.15, 0.2) is 17.4 Å². The first-order valence-corrected chi connectivity index (χ1v) is 29.4. The van der Waals surface area contributed by atoms with Crippen LogP contribution in [0, 0.1) is 17.8 Å². The number of furan rings is 1. The van der Waals surface area contributed by atoms with E-state index in [0.717, 1.165) is 16.4 Å². The molecule has 17 rings (SSSR count). The van der Waals surface area contributed by atoms with Crippen LogP contribution in [0.4, 0.5) is 0 Å². The fourth-order valence-electron chi connectivity index (χ4n) is 17.5. The molecule has 1 aromatic heterocycles. The van der Waals surface area contributed by atoms with Crippen LogP contribution in [-0.4, -0.2) is 179 Å². The fraction of sp³-hybridized carbons (Fsp3) is 0.750. The highest BCUT2D eigenvalue weighted by Crippen LogP contribution is 2.60. The molecule has 13 bridgehead atoms. The lowest BCUT2D eigenvalue weighted by molar-refractivity contribution is -0.347. The number of carbonyl (C=O) groups is 1. The Bertz CT molecular complexity index is 2900. The van der Waals surface area contributed by atoms with Crippen LogP contribution >= 0.6 is 0 Å². The van der Waals surface area contributed by atoms with Gasteiger partial charge in [-0.15, -0.1) is 0 Å². The zero-order chi connectivity index (χ0) is 53.8. The minimum absolute atomic E-state index is 0.0230. The molecule has 3 N–H and O–H groups in total. The van der Waals surface area contributed by atoms with Gasteiger partial charge in [-0.3, -0.25) is 4.79 Å². The first kappa shape index (κ1) is 51.3. The van der Waals surface area contributed by atoms with Crippen molar-refractivity contribution >= 4 is 24.7 Å². The third kappa shape index (κ3) is 8.02. The molecule has 1 aromatic rings. The number of allylic oxidation sites excluding steroid dienone is 2. The van der Waals surface area contributed by atoms with E-state index in [9.17, 15) is 20.1 Å². The average molecular weight is 1100 g/mol. The van der Waals surface area contributed by atoms with Crippen molar-refractivity contribution in [2.75, 3.05) is 6.61 Å². The molecule has 3 spiro atoms. The highest BCUT2D eigenvalue weighted by atomic mass is 16.8. The van der Waals surface area contributed by atoms with Crippen LogP contribution in [0.2, 0.25) is 0 Å². The Morgan fingerprint density at radius 2 is 1.39 bits per heavy atom. The minimum atomic E-state index is -1.30. The molecular formula is C60H74O19. The summed E-state index contributed by atoms with van der Waals surface area (Å²) in [4.78, 5) is 14.6. The SMILES string of the molecule is C=C1C2=CC3=C\C=c4/oc(cc4=C)/C=C\2[C@@]24CC5O[C@H]6C(O[C@H]7CCC(CC(=O)OC8[C@@H](C)C9OC%10C[C@]%11(C[C@@H]%12O[C@@]%13(CC(C)[C@@H]%12O%11)C[C@H](C)[C@@H]%11O[C@H](C(O)CC(O)CO)C[C@@H]%11O%13)OC%10CC9O[C@@]8(C)CC1O\3)OC7[C@@H]6O2)[C@@H]5O4. The first-order valence-electron chi connectivity index (χ1n) is 29.4. The molecule has 14 saturated heterocycles. The molecule has 16 aliphatic rings. The molecule has 14 fully saturated rings. The van der Waals surface area contributed by atoms with Crippen molar-refractivity contribution in [2.45, 2.75) is 256 Å². The molecule has 16 aliphatic heterocycles. The molecule has 28 atom stereocenters. The van der Waals surface area contributed by atoms with E-state index in [-0.39, 0.29) is 98.1 Å². The summed E-state index contributed by atoms with van der Waals surface area (Å²) in [6, 6.07) is 1.92. The molecule has 79 heavy (non-hydrogen) atoms. The number of rotatable bonds is 4. The van der Waals surface area contributed by atoms with Crippen LogP contribution in [0.5, 0.6) is 0 Å². The van der Waals surface area contributed by atoms with Crippen LogP contribution in [0.3, 0.4) is 0 Å². The number of hydrogen-bond donors (Lipinski definition) is 3. The maximum Gasteiger partial charge on any atom is 0.308 e. The van der Waals surface area contributed by atoms with E-state index in [1.807, 2.05) is 37.3 Å². The summed E-state index contributed by atoms with van der Waals surface area (Å²) in [5.74, 6) is -2.53. The topological polar surface area (TPSA) is 220 Å². The lowest BCUT2D eigenvalue weighted by atomic mass is 9.73. The highest BCUT2D eigenvalue weighted by molar-refractivity contribution is 5.70. The molecule has 0 aliphatic carbocycles. The largest absolute Gasteiger partial charge is 0.486 e. The maximum atomic E-state index is 14.6. The molecule has 0 aromatic carbocycles. The normalized spacial score (nSPS) is 54.9. The van der Waals surface area contributed by atoms with Crippen LogP contribution in [0.15, 0.2) is 51.7 Å². The van der Waals surface area contributed by atoms with E-state index in [1.165, 1.54) is 0 Å². The standard InChI is InChI=1S/C60H74O19/c1-25-11-33-14-35-34-13-31(7-9-37(25)66-33)65-43(28(34)4)20-57(6)56(72-47(64)15-32-8-10-38-51(67-32)55-54-53(68-38)52-45(71-54)23-60(35,78-52)79-55)29(5)50-42(73-57)17-40-44(70-50)21-59(74-40)22-46-49(77-59)27(3)19-58(76-46)18-26(2)48-41(75-58)16-39(69-48)36(63)12-30(62)24-61/h7,9,11,13-14,26-27,29-30,32,36,38-46,48-56,61-63H,1,4,8,10,12,15-24H2,2-3,5-6H3/b31-7+,35-14+,37-9-/t26-,27?,29-,30?,32?,36?,38-,39-,40?,41-,42?,43?,44?,45?,46-,48-,49-,50?,51?,52+,53?,54-,55-,56?,57-,58+,59-,60+/m0/s1. The molecule has 13 unspecified atom stereocenters. The second-order valence-electron chi connectivity index (χ2n) is 26.4.